The van der Waals surface area contributed by atoms with Crippen molar-refractivity contribution in [3.63, 3.8) is 0 Å². The van der Waals surface area contributed by atoms with E-state index in [2.05, 4.69) is 118 Å². The Bertz CT molecular complexity index is 1570. The quantitative estimate of drug-likeness (QED) is 0.0199. The number of unbranched alkanes of at least 4 members (excludes halogenated alkanes) is 13. The minimum atomic E-state index is -0.852. The van der Waals surface area contributed by atoms with Gasteiger partial charge in [-0.1, -0.05) is 230 Å². The van der Waals surface area contributed by atoms with Crippen LogP contribution in [0.2, 0.25) is 0 Å². The van der Waals surface area contributed by atoms with Gasteiger partial charge >= 0.3 is 17.9 Å². The van der Waals surface area contributed by atoms with Crippen molar-refractivity contribution in [2.24, 2.45) is 0 Å². The molecule has 0 saturated carbocycles. The summed E-state index contributed by atoms with van der Waals surface area (Å²) in [6.07, 6.45) is 78.1. The van der Waals surface area contributed by atoms with Crippen LogP contribution in [-0.2, 0) is 28.6 Å². The Labute approximate surface area is 409 Å². The molecule has 0 N–H and O–H groups in total. The van der Waals surface area contributed by atoms with Crippen molar-refractivity contribution < 1.29 is 28.6 Å². The molecule has 0 bridgehead atoms. The van der Waals surface area contributed by atoms with Crippen LogP contribution in [0.4, 0.5) is 0 Å². The molecule has 0 aliphatic rings. The molecule has 1 unspecified atom stereocenters. The first-order valence-electron chi connectivity index (χ1n) is 26.1. The Balaban J connectivity index is 4.65. The van der Waals surface area contributed by atoms with Crippen molar-refractivity contribution in [3.05, 3.63) is 158 Å². The molecule has 1 atom stereocenters. The summed E-state index contributed by atoms with van der Waals surface area (Å²) in [5.74, 6) is -1.10. The summed E-state index contributed by atoms with van der Waals surface area (Å²) >= 11 is 0. The molecule has 0 aromatic heterocycles. The van der Waals surface area contributed by atoms with Gasteiger partial charge in [0.2, 0.25) is 0 Å². The van der Waals surface area contributed by atoms with Gasteiger partial charge in [-0.3, -0.25) is 14.4 Å². The molecule has 0 rings (SSSR count). The van der Waals surface area contributed by atoms with Crippen LogP contribution in [0, 0.1) is 0 Å². The molecular weight excluding hydrogens is 829 g/mol. The molecule has 0 aromatic carbocycles. The lowest BCUT2D eigenvalue weighted by Gasteiger charge is -2.18. The third kappa shape index (κ3) is 51.9. The summed E-state index contributed by atoms with van der Waals surface area (Å²) in [5.41, 5.74) is 0. The summed E-state index contributed by atoms with van der Waals surface area (Å²) in [7, 11) is 0. The minimum Gasteiger partial charge on any atom is -0.462 e. The van der Waals surface area contributed by atoms with Gasteiger partial charge in [0.05, 0.1) is 0 Å². The van der Waals surface area contributed by atoms with E-state index in [-0.39, 0.29) is 38.0 Å². The van der Waals surface area contributed by atoms with Gasteiger partial charge < -0.3 is 14.2 Å². The van der Waals surface area contributed by atoms with Gasteiger partial charge in [0, 0.05) is 19.3 Å². The molecule has 0 saturated heterocycles. The zero-order valence-electron chi connectivity index (χ0n) is 42.3. The second kappa shape index (κ2) is 53.6. The van der Waals surface area contributed by atoms with E-state index in [4.69, 9.17) is 14.2 Å². The lowest BCUT2D eigenvalue weighted by atomic mass is 10.1. The van der Waals surface area contributed by atoms with Crippen LogP contribution in [0.5, 0.6) is 0 Å². The number of ether oxygens (including phenoxy) is 3. The molecule has 0 fully saturated rings. The molecule has 0 aromatic rings. The highest BCUT2D eigenvalue weighted by Crippen LogP contribution is 2.11. The van der Waals surface area contributed by atoms with E-state index in [1.165, 1.54) is 32.1 Å². The van der Waals surface area contributed by atoms with Crippen molar-refractivity contribution in [2.75, 3.05) is 13.2 Å². The van der Waals surface area contributed by atoms with Crippen LogP contribution in [0.15, 0.2) is 158 Å². The van der Waals surface area contributed by atoms with Crippen molar-refractivity contribution in [3.8, 4) is 0 Å². The molecule has 67 heavy (non-hydrogen) atoms. The van der Waals surface area contributed by atoms with Crippen LogP contribution in [-0.4, -0.2) is 37.2 Å². The third-order valence-electron chi connectivity index (χ3n) is 10.2. The van der Waals surface area contributed by atoms with Crippen LogP contribution >= 0.6 is 0 Å². The number of carbonyl (C=O) groups excluding carboxylic acids is 3. The molecule has 372 valence electrons. The lowest BCUT2D eigenvalue weighted by molar-refractivity contribution is -0.166. The molecule has 6 nitrogen and oxygen atoms in total. The maximum atomic E-state index is 12.8. The average Bonchev–Trinajstić information content (AvgIpc) is 3.33. The van der Waals surface area contributed by atoms with Gasteiger partial charge in [0.1, 0.15) is 13.2 Å². The van der Waals surface area contributed by atoms with Gasteiger partial charge in [-0.2, -0.15) is 0 Å². The molecule has 0 aliphatic carbocycles. The van der Waals surface area contributed by atoms with Crippen LogP contribution in [0.3, 0.4) is 0 Å². The fourth-order valence-corrected chi connectivity index (χ4v) is 6.33. The molecular formula is C61H92O6. The van der Waals surface area contributed by atoms with E-state index in [0.717, 1.165) is 103 Å². The number of hydrogen-bond acceptors (Lipinski definition) is 6. The van der Waals surface area contributed by atoms with Crippen molar-refractivity contribution in [2.45, 2.75) is 194 Å². The predicted molar refractivity (Wildman–Crippen MR) is 288 cm³/mol. The van der Waals surface area contributed by atoms with Crippen LogP contribution < -0.4 is 0 Å². The first kappa shape index (κ1) is 62.0. The van der Waals surface area contributed by atoms with Crippen molar-refractivity contribution >= 4 is 17.9 Å². The van der Waals surface area contributed by atoms with Gasteiger partial charge in [0.15, 0.2) is 6.10 Å². The summed E-state index contributed by atoms with van der Waals surface area (Å²) in [4.78, 5) is 38.0. The average molecular weight is 921 g/mol. The molecule has 0 heterocycles. The number of carbonyl (C=O) groups is 3. The first-order valence-corrected chi connectivity index (χ1v) is 26.1. The second-order valence-corrected chi connectivity index (χ2v) is 16.5. The summed E-state index contributed by atoms with van der Waals surface area (Å²) in [5, 5.41) is 0. The summed E-state index contributed by atoms with van der Waals surface area (Å²) in [6, 6.07) is 0. The highest BCUT2D eigenvalue weighted by atomic mass is 16.6. The standard InChI is InChI=1S/C61H92O6/c1-4-7-10-13-16-19-22-25-28-30-31-34-36-39-42-45-48-51-54-60(63)66-57-58(56-65-59(62)53-50-47-44-41-38-35-32-27-24-21-18-15-12-9-6-3)67-61(64)55-52-49-46-43-40-37-33-29-26-23-20-17-14-11-8-5-2/h8-9,11-12,15,17-18,20-22,24-32,34-35,37-38,40,46,49,58H,4-7,10,13-14,16,19,23,33,36,39,41-45,47-48,50-57H2,1-3H3/b11-8-,12-9-,18-15-,20-17-,24-21-,25-22-,29-26-,30-28-,32-27-,34-31-,38-35-,40-37-,49-46-. The second-order valence-electron chi connectivity index (χ2n) is 16.5. The molecule has 0 aliphatic heterocycles. The number of rotatable bonds is 44. The molecule has 6 heteroatoms. The largest absolute Gasteiger partial charge is 0.462 e. The molecule has 0 radical (unpaired) electrons. The lowest BCUT2D eigenvalue weighted by Crippen LogP contribution is -2.30. The molecule has 0 spiro atoms. The maximum absolute atomic E-state index is 12.8. The monoisotopic (exact) mass is 921 g/mol. The van der Waals surface area contributed by atoms with E-state index in [1.807, 2.05) is 60.8 Å². The highest BCUT2D eigenvalue weighted by Gasteiger charge is 2.19. The van der Waals surface area contributed by atoms with Crippen LogP contribution in [0.25, 0.3) is 0 Å². The number of hydrogen-bond donors (Lipinski definition) is 0. The Hall–Kier alpha value is -4.97. The minimum absolute atomic E-state index is 0.140. The maximum Gasteiger partial charge on any atom is 0.306 e. The van der Waals surface area contributed by atoms with E-state index < -0.39 is 12.1 Å². The van der Waals surface area contributed by atoms with E-state index in [1.54, 1.807) is 0 Å². The SMILES string of the molecule is CC\C=C/C=C\C=C/C=C\C=C/CCCCCC(=O)OCC(COC(=O)CCCCCCC\C=C/C=C\C=C/CCCCCCC)OC(=O)CC/C=C\C/C=C\C/C=C\C/C=C\C/C=C\CC. The van der Waals surface area contributed by atoms with Gasteiger partial charge in [-0.05, 0) is 96.3 Å². The van der Waals surface area contributed by atoms with Gasteiger partial charge in [-0.25, -0.2) is 0 Å². The Morgan fingerprint density at radius 1 is 0.328 bits per heavy atom. The molecule has 0 amide bonds. The normalized spacial score (nSPS) is 13.4. The fraction of sp³-hybridized carbons (Fsp3) is 0.525. The van der Waals surface area contributed by atoms with E-state index in [0.29, 0.717) is 19.3 Å². The zero-order chi connectivity index (χ0) is 48.6. The predicted octanol–water partition coefficient (Wildman–Crippen LogP) is 17.4. The number of esters is 3. The number of allylic oxidation sites excluding steroid dienone is 26. The van der Waals surface area contributed by atoms with Gasteiger partial charge in [-0.15, -0.1) is 0 Å². The van der Waals surface area contributed by atoms with Gasteiger partial charge in [0.25, 0.3) is 0 Å². The fourth-order valence-electron chi connectivity index (χ4n) is 6.33. The third-order valence-corrected chi connectivity index (χ3v) is 10.2. The summed E-state index contributed by atoms with van der Waals surface area (Å²) in [6.45, 7) is 6.22. The van der Waals surface area contributed by atoms with Crippen LogP contribution in [0.1, 0.15) is 188 Å². The van der Waals surface area contributed by atoms with E-state index in [9.17, 15) is 14.4 Å². The smallest absolute Gasteiger partial charge is 0.306 e. The Morgan fingerprint density at radius 2 is 0.687 bits per heavy atom. The summed E-state index contributed by atoms with van der Waals surface area (Å²) < 4.78 is 16.7. The topological polar surface area (TPSA) is 78.9 Å². The van der Waals surface area contributed by atoms with E-state index >= 15 is 0 Å². The van der Waals surface area contributed by atoms with Crippen molar-refractivity contribution in [1.82, 2.24) is 0 Å². The van der Waals surface area contributed by atoms with Crippen molar-refractivity contribution in [1.29, 1.82) is 0 Å². The zero-order valence-corrected chi connectivity index (χ0v) is 42.3. The first-order chi connectivity index (χ1) is 33.0. The Morgan fingerprint density at radius 3 is 1.13 bits per heavy atom. The highest BCUT2D eigenvalue weighted by molar-refractivity contribution is 5.71. The Kier molecular flexibility index (Phi) is 49.7.